The Balaban J connectivity index is 1.86. The Kier molecular flexibility index (Phi) is 6.03. The number of aliphatic imine (C=N–C) groups is 1. The normalized spacial score (nSPS) is 11.2. The highest BCUT2D eigenvalue weighted by molar-refractivity contribution is 5.79. The number of hydrogen-bond donors (Lipinski definition) is 2. The van der Waals surface area contributed by atoms with Gasteiger partial charge in [0, 0.05) is 39.9 Å². The van der Waals surface area contributed by atoms with Crippen LogP contribution >= 0.6 is 0 Å². The third-order valence-electron chi connectivity index (χ3n) is 3.84. The van der Waals surface area contributed by atoms with Gasteiger partial charge in [0.05, 0.1) is 0 Å². The molecule has 2 N–H and O–H groups in total. The molecule has 2 rings (SSSR count). The highest BCUT2D eigenvalue weighted by atomic mass is 15.2. The van der Waals surface area contributed by atoms with E-state index in [1.165, 1.54) is 22.4 Å². The summed E-state index contributed by atoms with van der Waals surface area (Å²) in [4.78, 5) is 6.38. The van der Waals surface area contributed by atoms with E-state index in [1.54, 1.807) is 7.05 Å². The van der Waals surface area contributed by atoms with Crippen LogP contribution in [0.3, 0.4) is 0 Å². The topological polar surface area (TPSA) is 39.7 Å². The standard InChI is InChI=1S/C19H26N4/c1-15-7-5-6-8-17(15)14-22-19(20-2)21-13-16-9-11-18(12-10-16)23(3)4/h5-12H,13-14H2,1-4H3,(H2,20,21,22). The van der Waals surface area contributed by atoms with Crippen LogP contribution in [-0.2, 0) is 13.1 Å². The molecule has 2 aromatic rings. The fourth-order valence-corrected chi connectivity index (χ4v) is 2.31. The summed E-state index contributed by atoms with van der Waals surface area (Å²) in [6, 6.07) is 16.9. The zero-order valence-corrected chi connectivity index (χ0v) is 14.4. The fraction of sp³-hybridized carbons (Fsp3) is 0.316. The SMILES string of the molecule is CN=C(NCc1ccc(N(C)C)cc1)NCc1ccccc1C. The summed E-state index contributed by atoms with van der Waals surface area (Å²) in [7, 11) is 5.89. The van der Waals surface area contributed by atoms with Gasteiger partial charge in [0.1, 0.15) is 0 Å². The van der Waals surface area contributed by atoms with E-state index >= 15 is 0 Å². The second kappa shape index (κ2) is 8.22. The highest BCUT2D eigenvalue weighted by Crippen LogP contribution is 2.12. The molecule has 2 aromatic carbocycles. The van der Waals surface area contributed by atoms with Crippen LogP contribution in [0.4, 0.5) is 5.69 Å². The highest BCUT2D eigenvalue weighted by Gasteiger charge is 2.01. The molecule has 4 nitrogen and oxygen atoms in total. The van der Waals surface area contributed by atoms with Gasteiger partial charge in [0.25, 0.3) is 0 Å². The van der Waals surface area contributed by atoms with Crippen LogP contribution in [0, 0.1) is 6.92 Å². The van der Waals surface area contributed by atoms with E-state index in [4.69, 9.17) is 0 Å². The Morgan fingerprint density at radius 3 is 2.22 bits per heavy atom. The lowest BCUT2D eigenvalue weighted by Gasteiger charge is -2.15. The predicted molar refractivity (Wildman–Crippen MR) is 99.0 cm³/mol. The summed E-state index contributed by atoms with van der Waals surface area (Å²) < 4.78 is 0. The quantitative estimate of drug-likeness (QED) is 0.659. The zero-order valence-electron chi connectivity index (χ0n) is 14.4. The summed E-state index contributed by atoms with van der Waals surface area (Å²) in [5.74, 6) is 0.810. The predicted octanol–water partition coefficient (Wildman–Crippen LogP) is 2.93. The van der Waals surface area contributed by atoms with Crippen molar-refractivity contribution in [2.45, 2.75) is 20.0 Å². The van der Waals surface area contributed by atoms with Crippen LogP contribution in [0.15, 0.2) is 53.5 Å². The first kappa shape index (κ1) is 16.9. The monoisotopic (exact) mass is 310 g/mol. The molecule has 122 valence electrons. The minimum Gasteiger partial charge on any atom is -0.378 e. The summed E-state index contributed by atoms with van der Waals surface area (Å²) in [6.45, 7) is 3.65. The van der Waals surface area contributed by atoms with E-state index in [9.17, 15) is 0 Å². The van der Waals surface area contributed by atoms with Crippen LogP contribution in [0.5, 0.6) is 0 Å². The van der Waals surface area contributed by atoms with Crippen LogP contribution in [0.25, 0.3) is 0 Å². The first-order valence-corrected chi connectivity index (χ1v) is 7.85. The van der Waals surface area contributed by atoms with Crippen molar-refractivity contribution in [3.05, 3.63) is 65.2 Å². The van der Waals surface area contributed by atoms with Crippen molar-refractivity contribution in [2.24, 2.45) is 4.99 Å². The van der Waals surface area contributed by atoms with Crippen LogP contribution in [0.1, 0.15) is 16.7 Å². The lowest BCUT2D eigenvalue weighted by molar-refractivity contribution is 0.806. The van der Waals surface area contributed by atoms with Crippen molar-refractivity contribution < 1.29 is 0 Å². The van der Waals surface area contributed by atoms with Gasteiger partial charge in [-0.3, -0.25) is 4.99 Å². The van der Waals surface area contributed by atoms with Gasteiger partial charge in [0.2, 0.25) is 0 Å². The molecule has 0 amide bonds. The average molecular weight is 310 g/mol. The minimum atomic E-state index is 0.751. The van der Waals surface area contributed by atoms with Crippen LogP contribution in [0.2, 0.25) is 0 Å². The maximum absolute atomic E-state index is 4.28. The average Bonchev–Trinajstić information content (AvgIpc) is 2.57. The molecule has 0 saturated heterocycles. The molecular formula is C19H26N4. The molecule has 0 bridgehead atoms. The Morgan fingerprint density at radius 1 is 0.957 bits per heavy atom. The fourth-order valence-electron chi connectivity index (χ4n) is 2.31. The first-order valence-electron chi connectivity index (χ1n) is 7.85. The van der Waals surface area contributed by atoms with E-state index in [1.807, 2.05) is 14.1 Å². The number of aryl methyl sites for hydroxylation is 1. The lowest BCUT2D eigenvalue weighted by atomic mass is 10.1. The summed E-state index contributed by atoms with van der Waals surface area (Å²) in [5.41, 5.74) is 5.01. The van der Waals surface area contributed by atoms with Crippen molar-refractivity contribution in [3.63, 3.8) is 0 Å². The Labute approximate surface area is 139 Å². The molecule has 0 aliphatic carbocycles. The third-order valence-corrected chi connectivity index (χ3v) is 3.84. The minimum absolute atomic E-state index is 0.751. The van der Waals surface area contributed by atoms with Crippen molar-refractivity contribution in [1.82, 2.24) is 10.6 Å². The van der Waals surface area contributed by atoms with Gasteiger partial charge in [-0.05, 0) is 35.7 Å². The van der Waals surface area contributed by atoms with Crippen molar-refractivity contribution in [3.8, 4) is 0 Å². The maximum Gasteiger partial charge on any atom is 0.191 e. The van der Waals surface area contributed by atoms with Crippen molar-refractivity contribution in [2.75, 3.05) is 26.0 Å². The zero-order chi connectivity index (χ0) is 16.7. The Bertz CT molecular complexity index is 645. The molecule has 0 radical (unpaired) electrons. The lowest BCUT2D eigenvalue weighted by Crippen LogP contribution is -2.36. The molecule has 0 spiro atoms. The first-order chi connectivity index (χ1) is 11.1. The van der Waals surface area contributed by atoms with E-state index in [-0.39, 0.29) is 0 Å². The molecule has 4 heteroatoms. The number of benzene rings is 2. The van der Waals surface area contributed by atoms with Gasteiger partial charge in [-0.2, -0.15) is 0 Å². The largest absolute Gasteiger partial charge is 0.378 e. The van der Waals surface area contributed by atoms with Gasteiger partial charge in [-0.15, -0.1) is 0 Å². The van der Waals surface area contributed by atoms with Crippen molar-refractivity contribution >= 4 is 11.6 Å². The molecule has 0 fully saturated rings. The molecule has 23 heavy (non-hydrogen) atoms. The Hall–Kier alpha value is -2.49. The summed E-state index contributed by atoms with van der Waals surface area (Å²) in [6.07, 6.45) is 0. The Morgan fingerprint density at radius 2 is 1.61 bits per heavy atom. The molecule has 0 saturated carbocycles. The molecule has 0 aliphatic rings. The number of rotatable bonds is 5. The van der Waals surface area contributed by atoms with E-state index in [2.05, 4.69) is 76.0 Å². The van der Waals surface area contributed by atoms with Crippen LogP contribution in [-0.4, -0.2) is 27.1 Å². The molecule has 0 aromatic heterocycles. The molecular weight excluding hydrogens is 284 g/mol. The maximum atomic E-state index is 4.28. The second-order valence-electron chi connectivity index (χ2n) is 5.77. The number of nitrogens with zero attached hydrogens (tertiary/aromatic N) is 2. The summed E-state index contributed by atoms with van der Waals surface area (Å²) >= 11 is 0. The number of nitrogens with one attached hydrogen (secondary N) is 2. The van der Waals surface area contributed by atoms with Gasteiger partial charge in [0.15, 0.2) is 5.96 Å². The summed E-state index contributed by atoms with van der Waals surface area (Å²) in [5, 5.41) is 6.71. The smallest absolute Gasteiger partial charge is 0.191 e. The van der Waals surface area contributed by atoms with Gasteiger partial charge in [-0.1, -0.05) is 36.4 Å². The number of guanidine groups is 1. The van der Waals surface area contributed by atoms with Gasteiger partial charge < -0.3 is 15.5 Å². The molecule has 0 aliphatic heterocycles. The molecule has 0 unspecified atom stereocenters. The van der Waals surface area contributed by atoms with Crippen molar-refractivity contribution in [1.29, 1.82) is 0 Å². The third kappa shape index (κ3) is 5.02. The molecule has 0 heterocycles. The number of anilines is 1. The number of hydrogen-bond acceptors (Lipinski definition) is 2. The van der Waals surface area contributed by atoms with Gasteiger partial charge >= 0.3 is 0 Å². The van der Waals surface area contributed by atoms with E-state index in [0.717, 1.165) is 19.0 Å². The van der Waals surface area contributed by atoms with E-state index in [0.29, 0.717) is 0 Å². The van der Waals surface area contributed by atoms with Crippen LogP contribution < -0.4 is 15.5 Å². The van der Waals surface area contributed by atoms with Gasteiger partial charge in [-0.25, -0.2) is 0 Å². The second-order valence-corrected chi connectivity index (χ2v) is 5.77. The van der Waals surface area contributed by atoms with E-state index < -0.39 is 0 Å². The molecule has 0 atom stereocenters.